The van der Waals surface area contributed by atoms with Gasteiger partial charge in [-0.25, -0.2) is 0 Å². The maximum absolute atomic E-state index is 6.42. The molecular formula is C42H26N2O2. The number of hydrogen-bond acceptors (Lipinski definition) is 4. The van der Waals surface area contributed by atoms with Crippen LogP contribution in [-0.2, 0) is 0 Å². The van der Waals surface area contributed by atoms with Gasteiger partial charge in [-0.05, 0) is 105 Å². The van der Waals surface area contributed by atoms with Crippen LogP contribution >= 0.6 is 0 Å². The Morgan fingerprint density at radius 2 is 0.674 bits per heavy atom. The van der Waals surface area contributed by atoms with Crippen molar-refractivity contribution in [2.24, 2.45) is 0 Å². The van der Waals surface area contributed by atoms with Gasteiger partial charge >= 0.3 is 0 Å². The van der Waals surface area contributed by atoms with Gasteiger partial charge in [-0.15, -0.1) is 0 Å². The van der Waals surface area contributed by atoms with Crippen LogP contribution in [0.1, 0.15) is 0 Å². The van der Waals surface area contributed by atoms with Crippen LogP contribution in [0.3, 0.4) is 0 Å². The van der Waals surface area contributed by atoms with Gasteiger partial charge in [0.2, 0.25) is 0 Å². The van der Waals surface area contributed by atoms with E-state index in [1.165, 1.54) is 21.5 Å². The first-order valence-electron chi connectivity index (χ1n) is 15.5. The molecule has 0 radical (unpaired) electrons. The molecule has 46 heavy (non-hydrogen) atoms. The molecule has 0 amide bonds. The van der Waals surface area contributed by atoms with E-state index in [1.54, 1.807) is 0 Å². The zero-order valence-corrected chi connectivity index (χ0v) is 24.7. The Labute approximate surface area is 263 Å². The summed E-state index contributed by atoms with van der Waals surface area (Å²) in [5, 5.41) is 18.6. The highest BCUT2D eigenvalue weighted by Gasteiger charge is 2.14. The fourth-order valence-corrected chi connectivity index (χ4v) is 6.82. The van der Waals surface area contributed by atoms with E-state index in [1.807, 2.05) is 0 Å². The molecule has 2 N–H and O–H groups in total. The fraction of sp³-hybridized carbons (Fsp3) is 0. The summed E-state index contributed by atoms with van der Waals surface area (Å²) in [7, 11) is 0. The minimum absolute atomic E-state index is 0.858. The summed E-state index contributed by atoms with van der Waals surface area (Å²) < 4.78 is 12.8. The topological polar surface area (TPSA) is 50.3 Å². The number of nitrogens with one attached hydrogen (secondary N) is 2. The first-order chi connectivity index (χ1) is 22.7. The molecular weight excluding hydrogens is 564 g/mol. The summed E-state index contributed by atoms with van der Waals surface area (Å²) in [6.45, 7) is 0. The fourth-order valence-electron chi connectivity index (χ4n) is 6.82. The molecule has 0 fully saturated rings. The highest BCUT2D eigenvalue weighted by Crippen LogP contribution is 2.38. The van der Waals surface area contributed by atoms with Crippen molar-refractivity contribution in [3.63, 3.8) is 0 Å². The van der Waals surface area contributed by atoms with E-state index < -0.39 is 0 Å². The van der Waals surface area contributed by atoms with Crippen LogP contribution in [0.15, 0.2) is 154 Å². The van der Waals surface area contributed by atoms with Crippen LogP contribution in [0.2, 0.25) is 0 Å². The number of rotatable bonds is 4. The van der Waals surface area contributed by atoms with Crippen LogP contribution < -0.4 is 10.6 Å². The third-order valence-electron chi connectivity index (χ3n) is 9.10. The number of benzene rings is 8. The molecule has 10 rings (SSSR count). The van der Waals surface area contributed by atoms with Crippen molar-refractivity contribution >= 4 is 98.9 Å². The Morgan fingerprint density at radius 1 is 0.283 bits per heavy atom. The molecule has 0 spiro atoms. The average molecular weight is 591 g/mol. The Hall–Kier alpha value is -6.26. The molecule has 216 valence electrons. The molecule has 0 aliphatic heterocycles. The molecule has 0 saturated heterocycles. The maximum atomic E-state index is 6.42. The van der Waals surface area contributed by atoms with Gasteiger partial charge < -0.3 is 19.5 Å². The summed E-state index contributed by atoms with van der Waals surface area (Å²) in [4.78, 5) is 0. The van der Waals surface area contributed by atoms with Crippen molar-refractivity contribution in [2.75, 3.05) is 10.6 Å². The molecule has 2 heterocycles. The van der Waals surface area contributed by atoms with Crippen molar-refractivity contribution < 1.29 is 8.83 Å². The molecule has 10 aromatic rings. The number of hydrogen-bond donors (Lipinski definition) is 2. The van der Waals surface area contributed by atoms with Gasteiger partial charge in [-0.3, -0.25) is 0 Å². The van der Waals surface area contributed by atoms with Crippen LogP contribution in [0.4, 0.5) is 22.7 Å². The Balaban J connectivity index is 0.999. The van der Waals surface area contributed by atoms with Gasteiger partial charge in [0.05, 0.1) is 0 Å². The predicted octanol–water partition coefficient (Wildman–Crippen LogP) is 12.4. The predicted molar refractivity (Wildman–Crippen MR) is 193 cm³/mol. The highest BCUT2D eigenvalue weighted by molar-refractivity contribution is 6.15. The maximum Gasteiger partial charge on any atom is 0.137 e. The largest absolute Gasteiger partial charge is 0.456 e. The van der Waals surface area contributed by atoms with Crippen molar-refractivity contribution in [1.29, 1.82) is 0 Å². The number of anilines is 4. The van der Waals surface area contributed by atoms with E-state index in [2.05, 4.69) is 156 Å². The molecule has 0 unspecified atom stereocenters. The van der Waals surface area contributed by atoms with Gasteiger partial charge in [0.15, 0.2) is 0 Å². The summed E-state index contributed by atoms with van der Waals surface area (Å²) in [6.07, 6.45) is 0. The van der Waals surface area contributed by atoms with E-state index >= 15 is 0 Å². The molecule has 0 aliphatic rings. The number of furan rings is 2. The quantitative estimate of drug-likeness (QED) is 0.214. The molecule has 0 atom stereocenters. The third-order valence-corrected chi connectivity index (χ3v) is 9.10. The Kier molecular flexibility index (Phi) is 5.25. The summed E-state index contributed by atoms with van der Waals surface area (Å²) in [5.41, 5.74) is 7.54. The lowest BCUT2D eigenvalue weighted by atomic mass is 10.0. The zero-order valence-electron chi connectivity index (χ0n) is 24.7. The van der Waals surface area contributed by atoms with Crippen molar-refractivity contribution in [2.45, 2.75) is 0 Å². The van der Waals surface area contributed by atoms with Crippen molar-refractivity contribution in [3.8, 4) is 0 Å². The lowest BCUT2D eigenvalue weighted by molar-refractivity contribution is 0.668. The highest BCUT2D eigenvalue weighted by atomic mass is 16.3. The van der Waals surface area contributed by atoms with Gasteiger partial charge in [0.1, 0.15) is 22.3 Å². The molecule has 4 nitrogen and oxygen atoms in total. The smallest absolute Gasteiger partial charge is 0.137 e. The SMILES string of the molecule is c1ccc2cc(Nc3ccc4c(c3)oc3cc5cc6c(cc5cc34)oc3cc(Nc4ccc5ccccc5c4)ccc36)ccc2c1. The van der Waals surface area contributed by atoms with E-state index in [4.69, 9.17) is 8.83 Å². The second-order valence-electron chi connectivity index (χ2n) is 12.0. The van der Waals surface area contributed by atoms with Gasteiger partial charge in [-0.1, -0.05) is 60.7 Å². The number of fused-ring (bicyclic) bond motifs is 9. The van der Waals surface area contributed by atoms with Gasteiger partial charge in [0, 0.05) is 56.4 Å². The lowest BCUT2D eigenvalue weighted by Crippen LogP contribution is -1.89. The minimum Gasteiger partial charge on any atom is -0.456 e. The monoisotopic (exact) mass is 590 g/mol. The molecule has 0 aliphatic carbocycles. The zero-order chi connectivity index (χ0) is 30.2. The van der Waals surface area contributed by atoms with Gasteiger partial charge in [-0.2, -0.15) is 0 Å². The van der Waals surface area contributed by atoms with Crippen LogP contribution in [0, 0.1) is 0 Å². The first kappa shape index (κ1) is 25.1. The standard InChI is InChI=1S/C42H26N2O2/c1-3-7-27-17-31(11-9-25(27)5-1)43-33-13-15-35-37-19-29-22-40-38(20-30(29)21-39(37)45-41(35)23-33)36-16-14-34(24-42(36)46-40)44-32-12-10-26-6-2-4-8-28(26)18-32/h1-24,43-44H. The average Bonchev–Trinajstić information content (AvgIpc) is 3.62. The van der Waals surface area contributed by atoms with E-state index in [-0.39, 0.29) is 0 Å². The second-order valence-corrected chi connectivity index (χ2v) is 12.0. The second kappa shape index (κ2) is 9.62. The van der Waals surface area contributed by atoms with E-state index in [0.717, 1.165) is 77.4 Å². The van der Waals surface area contributed by atoms with Crippen LogP contribution in [0.25, 0.3) is 76.2 Å². The lowest BCUT2D eigenvalue weighted by Gasteiger charge is -2.07. The van der Waals surface area contributed by atoms with Gasteiger partial charge in [0.25, 0.3) is 0 Å². The summed E-state index contributed by atoms with van der Waals surface area (Å²) in [6, 6.07) is 51.0. The molecule has 8 aromatic carbocycles. The van der Waals surface area contributed by atoms with Crippen molar-refractivity contribution in [3.05, 3.63) is 146 Å². The first-order valence-corrected chi connectivity index (χ1v) is 15.5. The summed E-state index contributed by atoms with van der Waals surface area (Å²) >= 11 is 0. The van der Waals surface area contributed by atoms with E-state index in [9.17, 15) is 0 Å². The Bertz CT molecular complexity index is 2630. The molecule has 0 bridgehead atoms. The summed E-state index contributed by atoms with van der Waals surface area (Å²) in [5.74, 6) is 0. The van der Waals surface area contributed by atoms with E-state index in [0.29, 0.717) is 0 Å². The van der Waals surface area contributed by atoms with Crippen molar-refractivity contribution in [1.82, 2.24) is 0 Å². The molecule has 2 aromatic heterocycles. The normalized spacial score (nSPS) is 11.9. The molecule has 4 heteroatoms. The van der Waals surface area contributed by atoms with Crippen LogP contribution in [0.5, 0.6) is 0 Å². The molecule has 0 saturated carbocycles. The third kappa shape index (κ3) is 4.08. The Morgan fingerprint density at radius 3 is 1.15 bits per heavy atom. The van der Waals surface area contributed by atoms with Crippen LogP contribution in [-0.4, -0.2) is 0 Å². The minimum atomic E-state index is 0.858.